The number of methoxy groups -OCH3 is 2. The Kier molecular flexibility index (Phi) is 8.06. The number of rotatable bonds is 7. The summed E-state index contributed by atoms with van der Waals surface area (Å²) in [6.07, 6.45) is 5.29. The average molecular weight is 284 g/mol. The molecule has 0 heterocycles. The van der Waals surface area contributed by atoms with E-state index in [2.05, 4.69) is 15.4 Å². The molecule has 0 unspecified atom stereocenters. The number of carbonyl (C=O) groups is 3. The molecule has 0 aromatic heterocycles. The van der Waals surface area contributed by atoms with Crippen molar-refractivity contribution in [2.45, 2.75) is 20.3 Å². The van der Waals surface area contributed by atoms with Crippen LogP contribution in [0.1, 0.15) is 20.3 Å². The van der Waals surface area contributed by atoms with Gasteiger partial charge in [-0.05, 0) is 12.8 Å². The molecule has 0 amide bonds. The number of esters is 3. The Balaban J connectivity index is 5.30. The van der Waals surface area contributed by atoms with Gasteiger partial charge in [-0.1, -0.05) is 6.92 Å². The fourth-order valence-corrected chi connectivity index (χ4v) is 1.87. The van der Waals surface area contributed by atoms with Crippen molar-refractivity contribution in [2.24, 2.45) is 17.8 Å². The molecule has 112 valence electrons. The maximum absolute atomic E-state index is 11.9. The topological polar surface area (TPSA) is 78.9 Å². The van der Waals surface area contributed by atoms with Gasteiger partial charge >= 0.3 is 17.9 Å². The zero-order valence-electron chi connectivity index (χ0n) is 12.2. The van der Waals surface area contributed by atoms with Crippen molar-refractivity contribution in [3.8, 4) is 12.3 Å². The van der Waals surface area contributed by atoms with Crippen molar-refractivity contribution < 1.29 is 28.6 Å². The van der Waals surface area contributed by atoms with Gasteiger partial charge in [0, 0.05) is 6.42 Å². The molecule has 0 bridgehead atoms. The quantitative estimate of drug-likeness (QED) is 0.297. The lowest BCUT2D eigenvalue weighted by atomic mass is 9.81. The highest BCUT2D eigenvalue weighted by Gasteiger charge is 2.41. The molecule has 6 nitrogen and oxygen atoms in total. The molecule has 0 radical (unpaired) electrons. The van der Waals surface area contributed by atoms with Gasteiger partial charge in [-0.2, -0.15) is 0 Å². The maximum atomic E-state index is 11.9. The highest BCUT2D eigenvalue weighted by atomic mass is 16.5. The highest BCUT2D eigenvalue weighted by Crippen LogP contribution is 2.27. The minimum absolute atomic E-state index is 0.0600. The number of ether oxygens (including phenoxy) is 3. The average Bonchev–Trinajstić information content (AvgIpc) is 2.44. The van der Waals surface area contributed by atoms with E-state index in [0.717, 1.165) is 14.2 Å². The number of terminal acetylenes is 1. The normalized spacial score (nSPS) is 13.0. The van der Waals surface area contributed by atoms with E-state index in [-0.39, 0.29) is 13.0 Å². The monoisotopic (exact) mass is 284 g/mol. The second-order valence-electron chi connectivity index (χ2n) is 4.15. The maximum Gasteiger partial charge on any atom is 0.320 e. The summed E-state index contributed by atoms with van der Waals surface area (Å²) in [5.41, 5.74) is 0. The van der Waals surface area contributed by atoms with Gasteiger partial charge in [0.2, 0.25) is 0 Å². The Labute approximate surface area is 118 Å². The smallest absolute Gasteiger partial charge is 0.320 e. The summed E-state index contributed by atoms with van der Waals surface area (Å²) in [5, 5.41) is 0. The molecule has 0 aliphatic heterocycles. The first-order valence-electron chi connectivity index (χ1n) is 6.20. The van der Waals surface area contributed by atoms with Crippen LogP contribution in [0.4, 0.5) is 0 Å². The minimum Gasteiger partial charge on any atom is -0.468 e. The van der Waals surface area contributed by atoms with E-state index in [1.807, 2.05) is 0 Å². The SMILES string of the molecule is C#CC[C@@H](C(=O)OCC)[C@@H](C)C(C(=O)OC)C(=O)OC. The second kappa shape index (κ2) is 8.97. The van der Waals surface area contributed by atoms with Crippen molar-refractivity contribution in [2.75, 3.05) is 20.8 Å². The summed E-state index contributed by atoms with van der Waals surface area (Å²) in [5.74, 6) is -2.41. The van der Waals surface area contributed by atoms with E-state index < -0.39 is 35.7 Å². The first-order chi connectivity index (χ1) is 9.44. The molecule has 6 heteroatoms. The molecular formula is C14H20O6. The third-order valence-corrected chi connectivity index (χ3v) is 3.00. The molecule has 0 aliphatic carbocycles. The number of carbonyl (C=O) groups excluding carboxylic acids is 3. The van der Waals surface area contributed by atoms with E-state index >= 15 is 0 Å². The molecule has 2 atom stereocenters. The van der Waals surface area contributed by atoms with Crippen LogP contribution in [-0.2, 0) is 28.6 Å². The van der Waals surface area contributed by atoms with E-state index in [1.54, 1.807) is 13.8 Å². The summed E-state index contributed by atoms with van der Waals surface area (Å²) >= 11 is 0. The van der Waals surface area contributed by atoms with Crippen molar-refractivity contribution in [3.63, 3.8) is 0 Å². The van der Waals surface area contributed by atoms with E-state index in [9.17, 15) is 14.4 Å². The Morgan fingerprint density at radius 3 is 1.95 bits per heavy atom. The molecule has 0 saturated heterocycles. The summed E-state index contributed by atoms with van der Waals surface area (Å²) in [6, 6.07) is 0. The second-order valence-corrected chi connectivity index (χ2v) is 4.15. The zero-order chi connectivity index (χ0) is 15.7. The van der Waals surface area contributed by atoms with Crippen LogP contribution in [0.25, 0.3) is 0 Å². The predicted octanol–water partition coefficient (Wildman–Crippen LogP) is 0.787. The summed E-state index contributed by atoms with van der Waals surface area (Å²) in [7, 11) is 2.32. The molecular weight excluding hydrogens is 264 g/mol. The molecule has 0 aromatic rings. The summed E-state index contributed by atoms with van der Waals surface area (Å²) < 4.78 is 14.1. The lowest BCUT2D eigenvalue weighted by Crippen LogP contribution is -2.38. The van der Waals surface area contributed by atoms with Crippen molar-refractivity contribution in [3.05, 3.63) is 0 Å². The summed E-state index contributed by atoms with van der Waals surface area (Å²) in [6.45, 7) is 3.42. The Hall–Kier alpha value is -2.03. The third kappa shape index (κ3) is 4.57. The lowest BCUT2D eigenvalue weighted by Gasteiger charge is -2.25. The van der Waals surface area contributed by atoms with Crippen molar-refractivity contribution in [1.29, 1.82) is 0 Å². The van der Waals surface area contributed by atoms with Crippen LogP contribution in [0.5, 0.6) is 0 Å². The van der Waals surface area contributed by atoms with Gasteiger partial charge in [0.1, 0.15) is 0 Å². The minimum atomic E-state index is -1.22. The highest BCUT2D eigenvalue weighted by molar-refractivity contribution is 5.95. The van der Waals surface area contributed by atoms with E-state index in [1.165, 1.54) is 0 Å². The Morgan fingerprint density at radius 2 is 1.60 bits per heavy atom. The van der Waals surface area contributed by atoms with Crippen LogP contribution < -0.4 is 0 Å². The molecule has 0 rings (SSSR count). The van der Waals surface area contributed by atoms with E-state index in [0.29, 0.717) is 0 Å². The third-order valence-electron chi connectivity index (χ3n) is 3.00. The lowest BCUT2D eigenvalue weighted by molar-refractivity contribution is -0.164. The Bertz CT molecular complexity index is 379. The van der Waals surface area contributed by atoms with Crippen LogP contribution >= 0.6 is 0 Å². The van der Waals surface area contributed by atoms with Gasteiger partial charge in [-0.3, -0.25) is 14.4 Å². The van der Waals surface area contributed by atoms with Crippen LogP contribution in [0.15, 0.2) is 0 Å². The fourth-order valence-electron chi connectivity index (χ4n) is 1.87. The van der Waals surface area contributed by atoms with Crippen molar-refractivity contribution in [1.82, 2.24) is 0 Å². The van der Waals surface area contributed by atoms with E-state index in [4.69, 9.17) is 11.2 Å². The van der Waals surface area contributed by atoms with Crippen LogP contribution in [0.2, 0.25) is 0 Å². The predicted molar refractivity (Wildman–Crippen MR) is 70.3 cm³/mol. The molecule has 0 aliphatic rings. The molecule has 20 heavy (non-hydrogen) atoms. The largest absolute Gasteiger partial charge is 0.468 e. The van der Waals surface area contributed by atoms with Gasteiger partial charge in [0.15, 0.2) is 5.92 Å². The van der Waals surface area contributed by atoms with Gasteiger partial charge in [0.05, 0.1) is 26.7 Å². The molecule has 0 saturated carbocycles. The molecule has 0 fully saturated rings. The van der Waals surface area contributed by atoms with Gasteiger partial charge < -0.3 is 14.2 Å². The summed E-state index contributed by atoms with van der Waals surface area (Å²) in [4.78, 5) is 35.3. The van der Waals surface area contributed by atoms with Crippen molar-refractivity contribution >= 4 is 17.9 Å². The first-order valence-corrected chi connectivity index (χ1v) is 6.20. The molecule has 0 N–H and O–H groups in total. The zero-order valence-corrected chi connectivity index (χ0v) is 12.2. The standard InChI is InChI=1S/C14H20O6/c1-6-8-10(12(15)20-7-2)9(3)11(13(16)18-4)14(17)19-5/h1,9-11H,7-8H2,2-5H3/t9-,10-/m1/s1. The number of hydrogen-bond acceptors (Lipinski definition) is 6. The Morgan fingerprint density at radius 1 is 1.10 bits per heavy atom. The molecule has 0 aromatic carbocycles. The van der Waals surface area contributed by atoms with Gasteiger partial charge in [-0.15, -0.1) is 12.3 Å². The van der Waals surface area contributed by atoms with Gasteiger partial charge in [-0.25, -0.2) is 0 Å². The fraction of sp³-hybridized carbons (Fsp3) is 0.643. The van der Waals surface area contributed by atoms with Gasteiger partial charge in [0.25, 0.3) is 0 Å². The first kappa shape index (κ1) is 18.0. The number of hydrogen-bond donors (Lipinski definition) is 0. The molecule has 0 spiro atoms. The van der Waals surface area contributed by atoms with Crippen LogP contribution in [0, 0.1) is 30.1 Å². The van der Waals surface area contributed by atoms with Crippen LogP contribution in [-0.4, -0.2) is 38.7 Å². The van der Waals surface area contributed by atoms with Crippen LogP contribution in [0.3, 0.4) is 0 Å².